The standard InChI is InChI=1S/C17H11F3N4O4S2/c1-27-14-4-2-11(17(18,19)20)7-15(14)28-13-5-3-12(6-10(13)8-21)30(25,26)24-16(29)23-9-22/h2-7H,1H3,(H2,23,24,29). The third-order valence-electron chi connectivity index (χ3n) is 3.49. The van der Waals surface area contributed by atoms with Crippen LogP contribution in [0.3, 0.4) is 0 Å². The second-order valence-electron chi connectivity index (χ2n) is 5.41. The number of methoxy groups -OCH3 is 1. The first kappa shape index (κ1) is 22.7. The molecule has 0 spiro atoms. The quantitative estimate of drug-likeness (QED) is 0.400. The van der Waals surface area contributed by atoms with Crippen LogP contribution < -0.4 is 19.5 Å². The van der Waals surface area contributed by atoms with E-state index in [0.717, 1.165) is 30.3 Å². The fraction of sp³-hybridized carbons (Fsp3) is 0.118. The van der Waals surface area contributed by atoms with E-state index >= 15 is 0 Å². The molecule has 0 radical (unpaired) electrons. The third kappa shape index (κ3) is 5.28. The van der Waals surface area contributed by atoms with Crippen molar-refractivity contribution >= 4 is 27.4 Å². The molecule has 0 saturated heterocycles. The molecule has 2 rings (SSSR count). The Bertz CT molecular complexity index is 1170. The average Bonchev–Trinajstić information content (AvgIpc) is 2.67. The highest BCUT2D eigenvalue weighted by molar-refractivity contribution is 7.91. The Hall–Kier alpha value is -3.55. The number of nitrogens with zero attached hydrogens (tertiary/aromatic N) is 2. The first-order valence-electron chi connectivity index (χ1n) is 7.71. The van der Waals surface area contributed by atoms with Gasteiger partial charge in [0.2, 0.25) is 0 Å². The second-order valence-corrected chi connectivity index (χ2v) is 7.50. The van der Waals surface area contributed by atoms with Gasteiger partial charge in [0.1, 0.15) is 11.8 Å². The lowest BCUT2D eigenvalue weighted by Gasteiger charge is -2.15. The third-order valence-corrected chi connectivity index (χ3v) is 5.17. The minimum Gasteiger partial charge on any atom is -0.493 e. The van der Waals surface area contributed by atoms with E-state index in [0.29, 0.717) is 6.07 Å². The normalized spacial score (nSPS) is 11.0. The molecule has 0 amide bonds. The number of ether oxygens (including phenoxy) is 2. The lowest BCUT2D eigenvalue weighted by molar-refractivity contribution is -0.137. The molecule has 156 valence electrons. The van der Waals surface area contributed by atoms with Crippen LogP contribution in [0.5, 0.6) is 17.2 Å². The first-order valence-corrected chi connectivity index (χ1v) is 9.60. The maximum absolute atomic E-state index is 13.0. The molecule has 2 aromatic rings. The van der Waals surface area contributed by atoms with Crippen molar-refractivity contribution in [3.8, 4) is 29.5 Å². The summed E-state index contributed by atoms with van der Waals surface area (Å²) in [5.41, 5.74) is -1.28. The molecule has 13 heteroatoms. The number of thiocarbonyl (C=S) groups is 1. The predicted molar refractivity (Wildman–Crippen MR) is 101 cm³/mol. The molecule has 0 aliphatic carbocycles. The SMILES string of the molecule is COc1ccc(C(F)(F)F)cc1Oc1ccc(S(=O)(=O)NC(=S)NC#N)cc1C#N. The topological polar surface area (TPSA) is 124 Å². The second kappa shape index (κ2) is 8.86. The Morgan fingerprint density at radius 2 is 1.77 bits per heavy atom. The van der Waals surface area contributed by atoms with Crippen molar-refractivity contribution in [2.24, 2.45) is 0 Å². The van der Waals surface area contributed by atoms with Crippen LogP contribution in [-0.4, -0.2) is 20.6 Å². The molecule has 2 N–H and O–H groups in total. The molecular weight excluding hydrogens is 445 g/mol. The van der Waals surface area contributed by atoms with E-state index < -0.39 is 26.9 Å². The van der Waals surface area contributed by atoms with Gasteiger partial charge in [0.15, 0.2) is 22.8 Å². The van der Waals surface area contributed by atoms with Crippen LogP contribution in [0.1, 0.15) is 11.1 Å². The molecule has 0 atom stereocenters. The maximum Gasteiger partial charge on any atom is 0.416 e. The number of sulfonamides is 1. The molecular formula is C17H11F3N4O4S2. The van der Waals surface area contributed by atoms with Gasteiger partial charge in [-0.1, -0.05) is 0 Å². The van der Waals surface area contributed by atoms with Crippen molar-refractivity contribution in [1.29, 1.82) is 10.5 Å². The minimum atomic E-state index is -4.64. The number of benzene rings is 2. The summed E-state index contributed by atoms with van der Waals surface area (Å²) in [4.78, 5) is -0.385. The van der Waals surface area contributed by atoms with E-state index in [1.165, 1.54) is 13.3 Å². The number of nitrogens with one attached hydrogen (secondary N) is 2. The molecule has 0 aliphatic heterocycles. The molecule has 0 heterocycles. The van der Waals surface area contributed by atoms with Gasteiger partial charge in [-0.25, -0.2) is 8.42 Å². The van der Waals surface area contributed by atoms with Crippen molar-refractivity contribution in [3.63, 3.8) is 0 Å². The number of hydrogen-bond donors (Lipinski definition) is 2. The van der Waals surface area contributed by atoms with Gasteiger partial charge >= 0.3 is 6.18 Å². The van der Waals surface area contributed by atoms with Gasteiger partial charge in [-0.05, 0) is 48.6 Å². The zero-order valence-electron chi connectivity index (χ0n) is 14.9. The zero-order valence-corrected chi connectivity index (χ0v) is 16.6. The van der Waals surface area contributed by atoms with Crippen LogP contribution in [-0.2, 0) is 16.2 Å². The summed E-state index contributed by atoms with van der Waals surface area (Å²) in [6, 6.07) is 7.33. The van der Waals surface area contributed by atoms with Crippen molar-refractivity contribution < 1.29 is 31.1 Å². The molecule has 0 unspecified atom stereocenters. The van der Waals surface area contributed by atoms with Crippen molar-refractivity contribution in [2.45, 2.75) is 11.1 Å². The summed E-state index contributed by atoms with van der Waals surface area (Å²) >= 11 is 4.63. The first-order chi connectivity index (χ1) is 14.0. The number of hydrogen-bond acceptors (Lipinski definition) is 7. The van der Waals surface area contributed by atoms with Crippen LogP contribution in [0.4, 0.5) is 13.2 Å². The van der Waals surface area contributed by atoms with Gasteiger partial charge in [0, 0.05) is 0 Å². The fourth-order valence-corrected chi connectivity index (χ4v) is 3.47. The minimum absolute atomic E-state index is 0.0295. The summed E-state index contributed by atoms with van der Waals surface area (Å²) in [5, 5.41) is 19.2. The van der Waals surface area contributed by atoms with Crippen molar-refractivity contribution in [2.75, 3.05) is 7.11 Å². The van der Waals surface area contributed by atoms with E-state index in [-0.39, 0.29) is 27.7 Å². The Kier molecular flexibility index (Phi) is 6.71. The predicted octanol–water partition coefficient (Wildman–Crippen LogP) is 3.01. The van der Waals surface area contributed by atoms with Gasteiger partial charge in [-0.2, -0.15) is 23.7 Å². The number of rotatable bonds is 5. The van der Waals surface area contributed by atoms with E-state index in [4.69, 9.17) is 14.7 Å². The Morgan fingerprint density at radius 3 is 2.33 bits per heavy atom. The van der Waals surface area contributed by atoms with Crippen molar-refractivity contribution in [3.05, 3.63) is 47.5 Å². The van der Waals surface area contributed by atoms with E-state index in [1.54, 1.807) is 6.07 Å². The van der Waals surface area contributed by atoms with Crippen LogP contribution in [0.15, 0.2) is 41.3 Å². The Morgan fingerprint density at radius 1 is 1.10 bits per heavy atom. The lowest BCUT2D eigenvalue weighted by atomic mass is 10.2. The van der Waals surface area contributed by atoms with Gasteiger partial charge in [-0.3, -0.25) is 10.0 Å². The van der Waals surface area contributed by atoms with E-state index in [2.05, 4.69) is 12.2 Å². The van der Waals surface area contributed by atoms with Gasteiger partial charge in [0.05, 0.1) is 23.1 Å². The smallest absolute Gasteiger partial charge is 0.416 e. The molecule has 0 aliphatic rings. The summed E-state index contributed by atoms with van der Waals surface area (Å²) in [6.45, 7) is 0. The zero-order chi connectivity index (χ0) is 22.5. The molecule has 8 nitrogen and oxygen atoms in total. The lowest BCUT2D eigenvalue weighted by Crippen LogP contribution is -2.36. The highest BCUT2D eigenvalue weighted by Gasteiger charge is 2.31. The highest BCUT2D eigenvalue weighted by Crippen LogP contribution is 2.39. The summed E-state index contributed by atoms with van der Waals surface area (Å²) < 4.78 is 75.7. The molecule has 2 aromatic carbocycles. The van der Waals surface area contributed by atoms with E-state index in [9.17, 15) is 26.9 Å². The maximum atomic E-state index is 13.0. The number of nitriles is 2. The fourth-order valence-electron chi connectivity index (χ4n) is 2.16. The van der Waals surface area contributed by atoms with Gasteiger partial charge in [-0.15, -0.1) is 0 Å². The van der Waals surface area contributed by atoms with Crippen LogP contribution in [0, 0.1) is 22.8 Å². The highest BCUT2D eigenvalue weighted by atomic mass is 32.2. The van der Waals surface area contributed by atoms with Gasteiger partial charge in [0.25, 0.3) is 10.0 Å². The van der Waals surface area contributed by atoms with Crippen molar-refractivity contribution in [1.82, 2.24) is 10.0 Å². The monoisotopic (exact) mass is 456 g/mol. The van der Waals surface area contributed by atoms with Gasteiger partial charge < -0.3 is 9.47 Å². The summed E-state index contributed by atoms with van der Waals surface area (Å²) in [7, 11) is -3.01. The molecule has 0 saturated carbocycles. The van der Waals surface area contributed by atoms with Crippen LogP contribution in [0.25, 0.3) is 0 Å². The Balaban J connectivity index is 2.43. The largest absolute Gasteiger partial charge is 0.493 e. The summed E-state index contributed by atoms with van der Waals surface area (Å²) in [5.74, 6) is -0.554. The molecule has 0 bridgehead atoms. The van der Waals surface area contributed by atoms with Crippen LogP contribution in [0.2, 0.25) is 0 Å². The average molecular weight is 456 g/mol. The van der Waals surface area contributed by atoms with E-state index in [1.807, 2.05) is 10.0 Å². The summed E-state index contributed by atoms with van der Waals surface area (Å²) in [6.07, 6.45) is -3.19. The molecule has 0 aromatic heterocycles. The number of alkyl halides is 3. The Labute approximate surface area is 174 Å². The molecule has 0 fully saturated rings. The molecule has 30 heavy (non-hydrogen) atoms. The van der Waals surface area contributed by atoms with Crippen LogP contribution >= 0.6 is 12.2 Å². The number of halogens is 3.